The number of rotatable bonds is 4. The largest absolute Gasteiger partial charge is 0.305 e. The van der Waals surface area contributed by atoms with Crippen LogP contribution in [0.1, 0.15) is 45.1 Å². The number of aromatic nitrogens is 4. The maximum Gasteiger partial charge on any atom is 0.165 e. The van der Waals surface area contributed by atoms with E-state index in [0.29, 0.717) is 6.54 Å². The summed E-state index contributed by atoms with van der Waals surface area (Å²) < 4.78 is 2.92. The quantitative estimate of drug-likeness (QED) is 0.931. The number of benzene rings is 1. The van der Waals surface area contributed by atoms with Crippen LogP contribution >= 0.6 is 15.9 Å². The van der Waals surface area contributed by atoms with Gasteiger partial charge in [-0.05, 0) is 55.8 Å². The van der Waals surface area contributed by atoms with Crippen LogP contribution in [0.25, 0.3) is 0 Å². The van der Waals surface area contributed by atoms with E-state index in [4.69, 9.17) is 0 Å². The average Bonchev–Trinajstić information content (AvgIpc) is 2.83. The van der Waals surface area contributed by atoms with Gasteiger partial charge in [0, 0.05) is 10.0 Å². The lowest BCUT2D eigenvalue weighted by Crippen LogP contribution is -2.36. The molecule has 108 valence electrons. The highest BCUT2D eigenvalue weighted by molar-refractivity contribution is 9.10. The van der Waals surface area contributed by atoms with E-state index in [1.54, 1.807) is 0 Å². The van der Waals surface area contributed by atoms with Crippen molar-refractivity contribution in [3.63, 3.8) is 0 Å². The van der Waals surface area contributed by atoms with Crippen LogP contribution in [0.4, 0.5) is 0 Å². The standard InChI is InChI=1S/C14H20BrN5/c1-10(11-6-5-7-12(15)8-11)20-13(17-18-19-20)9-16-14(2,3)4/h5-8,10,16H,9H2,1-4H3. The molecule has 0 saturated carbocycles. The summed E-state index contributed by atoms with van der Waals surface area (Å²) in [6.45, 7) is 9.12. The molecule has 6 heteroatoms. The van der Waals surface area contributed by atoms with Crippen molar-refractivity contribution in [1.82, 2.24) is 25.5 Å². The maximum absolute atomic E-state index is 4.12. The van der Waals surface area contributed by atoms with E-state index in [0.717, 1.165) is 10.3 Å². The van der Waals surface area contributed by atoms with Crippen molar-refractivity contribution in [1.29, 1.82) is 0 Å². The van der Waals surface area contributed by atoms with Crippen LogP contribution in [0.3, 0.4) is 0 Å². The molecule has 1 N–H and O–H groups in total. The molecule has 2 aromatic rings. The fourth-order valence-electron chi connectivity index (χ4n) is 1.88. The normalized spacial score (nSPS) is 13.4. The van der Waals surface area contributed by atoms with Gasteiger partial charge >= 0.3 is 0 Å². The van der Waals surface area contributed by atoms with Crippen LogP contribution in [-0.2, 0) is 6.54 Å². The smallest absolute Gasteiger partial charge is 0.165 e. The molecule has 0 spiro atoms. The molecule has 1 unspecified atom stereocenters. The summed E-state index contributed by atoms with van der Waals surface area (Å²) in [6, 6.07) is 8.30. The van der Waals surface area contributed by atoms with E-state index in [-0.39, 0.29) is 11.6 Å². The first-order valence-electron chi connectivity index (χ1n) is 6.64. The van der Waals surface area contributed by atoms with Gasteiger partial charge in [-0.3, -0.25) is 0 Å². The van der Waals surface area contributed by atoms with Crippen LogP contribution in [0.5, 0.6) is 0 Å². The highest BCUT2D eigenvalue weighted by Crippen LogP contribution is 2.21. The molecule has 1 atom stereocenters. The Hall–Kier alpha value is -1.27. The molecule has 5 nitrogen and oxygen atoms in total. The second-order valence-corrected chi connectivity index (χ2v) is 6.79. The number of halogens is 1. The summed E-state index contributed by atoms with van der Waals surface area (Å²) >= 11 is 3.50. The lowest BCUT2D eigenvalue weighted by atomic mass is 10.1. The first-order chi connectivity index (χ1) is 9.37. The Kier molecular flexibility index (Phi) is 4.55. The van der Waals surface area contributed by atoms with Gasteiger partial charge in [0.05, 0.1) is 12.6 Å². The molecule has 1 heterocycles. The summed E-state index contributed by atoms with van der Waals surface area (Å²) in [5.41, 5.74) is 1.21. The van der Waals surface area contributed by atoms with E-state index in [1.807, 2.05) is 16.8 Å². The summed E-state index contributed by atoms with van der Waals surface area (Å²) in [5.74, 6) is 0.840. The molecular weight excluding hydrogens is 318 g/mol. The number of hydrogen-bond donors (Lipinski definition) is 1. The molecule has 0 aliphatic carbocycles. The predicted molar refractivity (Wildman–Crippen MR) is 82.4 cm³/mol. The maximum atomic E-state index is 4.12. The lowest BCUT2D eigenvalue weighted by molar-refractivity contribution is 0.403. The third-order valence-corrected chi connectivity index (χ3v) is 3.53. The van der Waals surface area contributed by atoms with Gasteiger partial charge in [0.1, 0.15) is 0 Å². The van der Waals surface area contributed by atoms with Crippen molar-refractivity contribution in [3.8, 4) is 0 Å². The van der Waals surface area contributed by atoms with E-state index in [1.165, 1.54) is 5.56 Å². The van der Waals surface area contributed by atoms with Crippen molar-refractivity contribution in [2.24, 2.45) is 0 Å². The summed E-state index contributed by atoms with van der Waals surface area (Å²) in [5, 5.41) is 15.5. The molecule has 0 aliphatic rings. The van der Waals surface area contributed by atoms with E-state index >= 15 is 0 Å². The molecule has 1 aromatic heterocycles. The van der Waals surface area contributed by atoms with Gasteiger partial charge in [-0.2, -0.15) is 0 Å². The van der Waals surface area contributed by atoms with E-state index < -0.39 is 0 Å². The number of nitrogens with one attached hydrogen (secondary N) is 1. The van der Waals surface area contributed by atoms with Gasteiger partial charge in [0.2, 0.25) is 0 Å². The van der Waals surface area contributed by atoms with Crippen LogP contribution in [0, 0.1) is 0 Å². The average molecular weight is 338 g/mol. The van der Waals surface area contributed by atoms with E-state index in [2.05, 4.69) is 76.6 Å². The second-order valence-electron chi connectivity index (χ2n) is 5.87. The second kappa shape index (κ2) is 6.01. The zero-order valence-corrected chi connectivity index (χ0v) is 13.8. The topological polar surface area (TPSA) is 55.6 Å². The molecule has 0 radical (unpaired) electrons. The van der Waals surface area contributed by atoms with Gasteiger partial charge in [0.15, 0.2) is 5.82 Å². The molecule has 0 aliphatic heterocycles. The number of nitrogens with zero attached hydrogens (tertiary/aromatic N) is 4. The minimum absolute atomic E-state index is 0.0375. The van der Waals surface area contributed by atoms with Gasteiger partial charge in [-0.25, -0.2) is 4.68 Å². The van der Waals surface area contributed by atoms with Crippen LogP contribution in [0.15, 0.2) is 28.7 Å². The van der Waals surface area contributed by atoms with Crippen molar-refractivity contribution in [2.75, 3.05) is 0 Å². The Labute approximate surface area is 127 Å². The molecule has 0 bridgehead atoms. The van der Waals surface area contributed by atoms with Crippen LogP contribution < -0.4 is 5.32 Å². The zero-order chi connectivity index (χ0) is 14.8. The van der Waals surface area contributed by atoms with Gasteiger partial charge in [-0.1, -0.05) is 28.1 Å². The minimum atomic E-state index is 0.0375. The highest BCUT2D eigenvalue weighted by Gasteiger charge is 2.17. The third kappa shape index (κ3) is 3.86. The molecule has 0 amide bonds. The molecule has 0 fully saturated rings. The Balaban J connectivity index is 2.19. The Morgan fingerprint density at radius 1 is 1.35 bits per heavy atom. The van der Waals surface area contributed by atoms with Crippen LogP contribution in [-0.4, -0.2) is 25.7 Å². The Morgan fingerprint density at radius 3 is 2.75 bits per heavy atom. The van der Waals surface area contributed by atoms with Crippen molar-refractivity contribution >= 4 is 15.9 Å². The zero-order valence-electron chi connectivity index (χ0n) is 12.3. The van der Waals surface area contributed by atoms with Crippen molar-refractivity contribution < 1.29 is 0 Å². The number of hydrogen-bond acceptors (Lipinski definition) is 4. The van der Waals surface area contributed by atoms with Gasteiger partial charge in [0.25, 0.3) is 0 Å². The molecule has 2 rings (SSSR count). The molecule has 0 saturated heterocycles. The fraction of sp³-hybridized carbons (Fsp3) is 0.500. The summed E-state index contributed by atoms with van der Waals surface area (Å²) in [6.07, 6.45) is 0. The van der Waals surface area contributed by atoms with Gasteiger partial charge in [-0.15, -0.1) is 5.10 Å². The Bertz CT molecular complexity index is 573. The van der Waals surface area contributed by atoms with Crippen LogP contribution in [0.2, 0.25) is 0 Å². The van der Waals surface area contributed by atoms with Crippen molar-refractivity contribution in [3.05, 3.63) is 40.1 Å². The first kappa shape index (κ1) is 15.1. The first-order valence-corrected chi connectivity index (χ1v) is 7.43. The summed E-state index contributed by atoms with van der Waals surface area (Å²) in [7, 11) is 0. The predicted octanol–water partition coefficient (Wildman–Crippen LogP) is 2.93. The highest BCUT2D eigenvalue weighted by atomic mass is 79.9. The summed E-state index contributed by atoms with van der Waals surface area (Å²) in [4.78, 5) is 0. The molecule has 20 heavy (non-hydrogen) atoms. The van der Waals surface area contributed by atoms with E-state index in [9.17, 15) is 0 Å². The van der Waals surface area contributed by atoms with Gasteiger partial charge < -0.3 is 5.32 Å². The Morgan fingerprint density at radius 2 is 2.10 bits per heavy atom. The third-order valence-electron chi connectivity index (χ3n) is 3.04. The fourth-order valence-corrected chi connectivity index (χ4v) is 2.30. The monoisotopic (exact) mass is 337 g/mol. The minimum Gasteiger partial charge on any atom is -0.305 e. The molecule has 1 aromatic carbocycles. The lowest BCUT2D eigenvalue weighted by Gasteiger charge is -2.21. The number of tetrazole rings is 1. The molecular formula is C14H20BrN5. The van der Waals surface area contributed by atoms with Crippen molar-refractivity contribution in [2.45, 2.75) is 45.8 Å². The SMILES string of the molecule is CC(c1cccc(Br)c1)n1nnnc1CNC(C)(C)C.